The van der Waals surface area contributed by atoms with Gasteiger partial charge in [-0.2, -0.15) is 0 Å². The second-order valence-electron chi connectivity index (χ2n) is 3.09. The van der Waals surface area contributed by atoms with E-state index in [0.29, 0.717) is 0 Å². The molecule has 0 fully saturated rings. The van der Waals surface area contributed by atoms with Crippen LogP contribution in [0.15, 0.2) is 11.5 Å². The summed E-state index contributed by atoms with van der Waals surface area (Å²) in [7, 11) is 1.13. The fourth-order valence-electron chi connectivity index (χ4n) is 1.14. The van der Waals surface area contributed by atoms with Crippen molar-refractivity contribution >= 4 is 23.2 Å². The summed E-state index contributed by atoms with van der Waals surface area (Å²) in [5, 5.41) is 17.3. The first-order chi connectivity index (χ1) is 6.34. The number of Topliss-reactive ketones (excluding diaryl/α,β-unsaturated/α-hetero) is 2. The van der Waals surface area contributed by atoms with Crippen molar-refractivity contribution < 1.29 is 24.5 Å². The Hall–Kier alpha value is -1.07. The van der Waals surface area contributed by atoms with Gasteiger partial charge in [-0.15, -0.1) is 11.6 Å². The molecule has 14 heavy (non-hydrogen) atoms. The fraction of sp³-hybridized carbons (Fsp3) is 0.500. The number of ketones is 2. The number of carbonyl (C=O) groups is 2. The third-order valence-corrected chi connectivity index (χ3v) is 2.66. The minimum absolute atomic E-state index is 0.512. The van der Waals surface area contributed by atoms with Gasteiger partial charge in [0.25, 0.3) is 0 Å². The first-order valence-corrected chi connectivity index (χ1v) is 4.20. The maximum Gasteiger partial charge on any atom is 0.234 e. The molecule has 1 rings (SSSR count). The molecule has 5 nitrogen and oxygen atoms in total. The smallest absolute Gasteiger partial charge is 0.234 e. The van der Waals surface area contributed by atoms with E-state index in [1.165, 1.54) is 0 Å². The van der Waals surface area contributed by atoms with E-state index < -0.39 is 34.1 Å². The average molecular weight is 221 g/mol. The topological polar surface area (TPSA) is 83.8 Å². The van der Waals surface area contributed by atoms with Gasteiger partial charge in [-0.25, -0.2) is 0 Å². The Balaban J connectivity index is 3.31. The number of hydrogen-bond donors (Lipinski definition) is 2. The summed E-state index contributed by atoms with van der Waals surface area (Å²) in [4.78, 5) is 22.6. The van der Waals surface area contributed by atoms with Crippen molar-refractivity contribution in [3.63, 3.8) is 0 Å². The Morgan fingerprint density at radius 1 is 1.50 bits per heavy atom. The van der Waals surface area contributed by atoms with Gasteiger partial charge in [-0.3, -0.25) is 9.59 Å². The molecule has 0 saturated carbocycles. The second-order valence-corrected chi connectivity index (χ2v) is 3.52. The zero-order valence-electron chi connectivity index (χ0n) is 7.57. The molecule has 0 bridgehead atoms. The van der Waals surface area contributed by atoms with Gasteiger partial charge in [0.1, 0.15) is 5.38 Å². The number of carbonyl (C=O) groups excluding carboxylic acids is 2. The fourth-order valence-corrected chi connectivity index (χ4v) is 1.34. The van der Waals surface area contributed by atoms with Crippen LogP contribution in [0.3, 0.4) is 0 Å². The van der Waals surface area contributed by atoms with Crippen LogP contribution in [0.4, 0.5) is 0 Å². The number of hydrogen-bond acceptors (Lipinski definition) is 5. The Morgan fingerprint density at radius 3 is 2.43 bits per heavy atom. The summed E-state index contributed by atoms with van der Waals surface area (Å²) < 4.78 is 4.51. The normalized spacial score (nSPS) is 33.6. The van der Waals surface area contributed by atoms with Gasteiger partial charge >= 0.3 is 0 Å². The third-order valence-electron chi connectivity index (χ3n) is 2.04. The van der Waals surface area contributed by atoms with Crippen LogP contribution in [0, 0.1) is 0 Å². The van der Waals surface area contributed by atoms with Gasteiger partial charge < -0.3 is 14.9 Å². The molecule has 0 saturated heterocycles. The van der Waals surface area contributed by atoms with Crippen LogP contribution in [0.1, 0.15) is 6.92 Å². The molecule has 2 unspecified atom stereocenters. The predicted molar refractivity (Wildman–Crippen MR) is 46.9 cm³/mol. The molecule has 6 heteroatoms. The van der Waals surface area contributed by atoms with Crippen molar-refractivity contribution in [3.05, 3.63) is 11.5 Å². The number of aliphatic hydroxyl groups excluding tert-OH is 1. The van der Waals surface area contributed by atoms with Crippen LogP contribution in [0.2, 0.25) is 0 Å². The quantitative estimate of drug-likeness (QED) is 0.604. The van der Waals surface area contributed by atoms with Crippen LogP contribution in [-0.2, 0) is 14.3 Å². The highest BCUT2D eigenvalue weighted by Crippen LogP contribution is 2.30. The molecule has 0 aromatic heterocycles. The SMILES string of the molecule is COC1=C(O)C(=O)C(C)(O)C(Cl)C1=O. The van der Waals surface area contributed by atoms with Crippen LogP contribution < -0.4 is 0 Å². The molecule has 0 aromatic carbocycles. The molecule has 2 N–H and O–H groups in total. The molecule has 1 aliphatic carbocycles. The number of ether oxygens (including phenoxy) is 1. The number of allylic oxidation sites excluding steroid dienone is 1. The van der Waals surface area contributed by atoms with Gasteiger partial charge in [0.2, 0.25) is 23.1 Å². The average Bonchev–Trinajstić information content (AvgIpc) is 2.14. The minimum Gasteiger partial charge on any atom is -0.502 e. The highest BCUT2D eigenvalue weighted by atomic mass is 35.5. The van der Waals surface area contributed by atoms with Gasteiger partial charge in [0, 0.05) is 0 Å². The Bertz CT molecular complexity index is 331. The molecule has 0 heterocycles. The molecule has 0 amide bonds. The van der Waals surface area contributed by atoms with Crippen LogP contribution in [-0.4, -0.2) is 39.9 Å². The van der Waals surface area contributed by atoms with Crippen molar-refractivity contribution in [2.24, 2.45) is 0 Å². The standard InChI is InChI=1S/C8H9ClO5/c1-8(13)6(9)3(10)5(14-2)4(11)7(8)12/h6,11,13H,1-2H3. The van der Waals surface area contributed by atoms with E-state index in [2.05, 4.69) is 4.74 Å². The monoisotopic (exact) mass is 220 g/mol. The molecular weight excluding hydrogens is 212 g/mol. The molecule has 78 valence electrons. The molecule has 0 spiro atoms. The first-order valence-electron chi connectivity index (χ1n) is 3.76. The van der Waals surface area contributed by atoms with Gasteiger partial charge in [-0.05, 0) is 6.92 Å². The number of rotatable bonds is 1. The number of aliphatic hydroxyl groups is 2. The minimum atomic E-state index is -2.09. The zero-order valence-corrected chi connectivity index (χ0v) is 8.33. The summed E-state index contributed by atoms with van der Waals surface area (Å²) in [5.41, 5.74) is -2.09. The van der Waals surface area contributed by atoms with E-state index in [-0.39, 0.29) is 0 Å². The Kier molecular flexibility index (Phi) is 2.56. The third kappa shape index (κ3) is 1.29. The maximum atomic E-state index is 11.3. The van der Waals surface area contributed by atoms with E-state index in [0.717, 1.165) is 14.0 Å². The highest BCUT2D eigenvalue weighted by Gasteiger charge is 2.51. The highest BCUT2D eigenvalue weighted by molar-refractivity contribution is 6.38. The summed E-state index contributed by atoms with van der Waals surface area (Å²) in [6.45, 7) is 1.06. The van der Waals surface area contributed by atoms with E-state index in [1.54, 1.807) is 0 Å². The van der Waals surface area contributed by atoms with Crippen molar-refractivity contribution in [2.75, 3.05) is 7.11 Å². The number of halogens is 1. The van der Waals surface area contributed by atoms with Gasteiger partial charge in [0.05, 0.1) is 7.11 Å². The van der Waals surface area contributed by atoms with Crippen molar-refractivity contribution in [1.29, 1.82) is 0 Å². The van der Waals surface area contributed by atoms with Gasteiger partial charge in [-0.1, -0.05) is 0 Å². The summed E-state index contributed by atoms with van der Waals surface area (Å²) in [6.07, 6.45) is 0. The Labute approximate surface area is 84.9 Å². The molecule has 2 atom stereocenters. The van der Waals surface area contributed by atoms with Crippen molar-refractivity contribution in [1.82, 2.24) is 0 Å². The predicted octanol–water partition coefficient (Wildman–Crippen LogP) is -0.0874. The zero-order chi connectivity index (χ0) is 11.1. The molecule has 0 aliphatic heterocycles. The van der Waals surface area contributed by atoms with E-state index in [9.17, 15) is 19.8 Å². The van der Waals surface area contributed by atoms with Crippen LogP contribution in [0.5, 0.6) is 0 Å². The Morgan fingerprint density at radius 2 is 2.00 bits per heavy atom. The number of alkyl halides is 1. The molecule has 0 aromatic rings. The lowest BCUT2D eigenvalue weighted by atomic mass is 9.86. The summed E-state index contributed by atoms with van der Waals surface area (Å²) in [6, 6.07) is 0. The summed E-state index contributed by atoms with van der Waals surface area (Å²) in [5.74, 6) is -3.23. The maximum absolute atomic E-state index is 11.3. The molecule has 0 radical (unpaired) electrons. The number of methoxy groups -OCH3 is 1. The first kappa shape index (κ1) is 11.0. The lowest BCUT2D eigenvalue weighted by Crippen LogP contribution is -2.53. The van der Waals surface area contributed by atoms with Gasteiger partial charge in [0.15, 0.2) is 5.60 Å². The van der Waals surface area contributed by atoms with E-state index in [1.807, 2.05) is 0 Å². The lowest BCUT2D eigenvalue weighted by Gasteiger charge is -2.30. The lowest BCUT2D eigenvalue weighted by molar-refractivity contribution is -0.142. The molecular formula is C8H9ClO5. The van der Waals surface area contributed by atoms with E-state index >= 15 is 0 Å². The largest absolute Gasteiger partial charge is 0.502 e. The molecule has 1 aliphatic rings. The summed E-state index contributed by atoms with van der Waals surface area (Å²) >= 11 is 5.55. The van der Waals surface area contributed by atoms with Crippen molar-refractivity contribution in [2.45, 2.75) is 17.9 Å². The van der Waals surface area contributed by atoms with Crippen LogP contribution >= 0.6 is 11.6 Å². The van der Waals surface area contributed by atoms with Crippen molar-refractivity contribution in [3.8, 4) is 0 Å². The second kappa shape index (κ2) is 3.25. The van der Waals surface area contributed by atoms with Crippen LogP contribution in [0.25, 0.3) is 0 Å². The van der Waals surface area contributed by atoms with E-state index in [4.69, 9.17) is 11.6 Å².